The van der Waals surface area contributed by atoms with Gasteiger partial charge in [0.05, 0.1) is 6.54 Å². The minimum Gasteiger partial charge on any atom is -0.381 e. The number of carbonyl (C=O) groups is 2. The molecule has 3 aliphatic rings. The van der Waals surface area contributed by atoms with Crippen LogP contribution in [-0.2, 0) is 14.3 Å². The minimum absolute atomic E-state index is 0.121. The van der Waals surface area contributed by atoms with Gasteiger partial charge in [-0.1, -0.05) is 0 Å². The normalized spacial score (nSPS) is 29.9. The Hall–Kier alpha value is -1.14. The van der Waals surface area contributed by atoms with E-state index in [2.05, 4.69) is 10.2 Å². The van der Waals surface area contributed by atoms with Crippen molar-refractivity contribution in [3.05, 3.63) is 0 Å². The summed E-state index contributed by atoms with van der Waals surface area (Å²) in [5, 5.41) is 3.15. The summed E-state index contributed by atoms with van der Waals surface area (Å²) in [6.07, 6.45) is 6.20. The van der Waals surface area contributed by atoms with Crippen molar-refractivity contribution in [2.45, 2.75) is 63.6 Å². The van der Waals surface area contributed by atoms with Crippen molar-refractivity contribution in [3.63, 3.8) is 0 Å². The van der Waals surface area contributed by atoms with E-state index < -0.39 is 0 Å². The van der Waals surface area contributed by atoms with Crippen molar-refractivity contribution in [3.8, 4) is 0 Å². The third-order valence-corrected chi connectivity index (χ3v) is 5.50. The van der Waals surface area contributed by atoms with Crippen molar-refractivity contribution >= 4 is 11.8 Å². The van der Waals surface area contributed by atoms with Crippen LogP contribution in [0.2, 0.25) is 0 Å². The number of likely N-dealkylation sites (tertiary alicyclic amines) is 2. The van der Waals surface area contributed by atoms with Crippen LogP contribution in [0.25, 0.3) is 0 Å². The van der Waals surface area contributed by atoms with Gasteiger partial charge in [0.25, 0.3) is 0 Å². The van der Waals surface area contributed by atoms with Crippen LogP contribution in [-0.4, -0.2) is 72.6 Å². The van der Waals surface area contributed by atoms with E-state index >= 15 is 0 Å². The molecule has 1 N–H and O–H groups in total. The van der Waals surface area contributed by atoms with E-state index in [9.17, 15) is 9.59 Å². The van der Waals surface area contributed by atoms with E-state index in [0.29, 0.717) is 18.6 Å². The van der Waals surface area contributed by atoms with Crippen molar-refractivity contribution in [2.24, 2.45) is 0 Å². The Balaban J connectivity index is 1.54. The first-order valence-electron chi connectivity index (χ1n) is 9.03. The molecule has 0 unspecified atom stereocenters. The lowest BCUT2D eigenvalue weighted by atomic mass is 10.0. The molecule has 0 radical (unpaired) electrons. The Morgan fingerprint density at radius 3 is 2.48 bits per heavy atom. The molecule has 2 amide bonds. The van der Waals surface area contributed by atoms with Gasteiger partial charge in [-0.15, -0.1) is 0 Å². The van der Waals surface area contributed by atoms with Crippen molar-refractivity contribution < 1.29 is 14.3 Å². The van der Waals surface area contributed by atoms with Gasteiger partial charge in [-0.2, -0.15) is 0 Å². The number of ether oxygens (including phenoxy) is 1. The molecular formula is C17H29N3O3. The molecule has 2 atom stereocenters. The molecule has 3 saturated heterocycles. The first kappa shape index (κ1) is 16.7. The van der Waals surface area contributed by atoms with E-state index in [1.807, 2.05) is 4.90 Å². The van der Waals surface area contributed by atoms with Crippen LogP contribution in [0.5, 0.6) is 0 Å². The number of rotatable bonds is 4. The predicted molar refractivity (Wildman–Crippen MR) is 87.0 cm³/mol. The lowest BCUT2D eigenvalue weighted by Crippen LogP contribution is -2.51. The number of carbonyl (C=O) groups excluding carboxylic acids is 2. The topological polar surface area (TPSA) is 61.9 Å². The predicted octanol–water partition coefficient (Wildman–Crippen LogP) is 0.757. The summed E-state index contributed by atoms with van der Waals surface area (Å²) in [5.74, 6) is 0.294. The number of nitrogens with one attached hydrogen (secondary N) is 1. The van der Waals surface area contributed by atoms with Gasteiger partial charge in [-0.25, -0.2) is 0 Å². The van der Waals surface area contributed by atoms with Gasteiger partial charge in [0, 0.05) is 44.8 Å². The zero-order chi connectivity index (χ0) is 16.2. The maximum absolute atomic E-state index is 12.4. The van der Waals surface area contributed by atoms with Gasteiger partial charge in [0.15, 0.2) is 0 Å². The quantitative estimate of drug-likeness (QED) is 0.830. The number of hydrogen-bond donors (Lipinski definition) is 1. The van der Waals surface area contributed by atoms with Gasteiger partial charge >= 0.3 is 0 Å². The molecule has 3 rings (SSSR count). The lowest BCUT2D eigenvalue weighted by molar-refractivity contribution is -0.130. The fourth-order valence-electron chi connectivity index (χ4n) is 4.37. The molecule has 130 valence electrons. The van der Waals surface area contributed by atoms with Crippen LogP contribution in [0.4, 0.5) is 0 Å². The molecule has 3 fully saturated rings. The maximum atomic E-state index is 12.4. The molecule has 0 saturated carbocycles. The van der Waals surface area contributed by atoms with Crippen LogP contribution in [0.15, 0.2) is 0 Å². The van der Waals surface area contributed by atoms with Gasteiger partial charge in [0.2, 0.25) is 11.8 Å². The number of amides is 2. The Morgan fingerprint density at radius 1 is 1.04 bits per heavy atom. The van der Waals surface area contributed by atoms with Gasteiger partial charge in [0.1, 0.15) is 0 Å². The van der Waals surface area contributed by atoms with Crippen LogP contribution in [0.1, 0.15) is 45.4 Å². The summed E-state index contributed by atoms with van der Waals surface area (Å²) in [6, 6.07) is 0.908. The average Bonchev–Trinajstić information content (AvgIpc) is 3.16. The second-order valence-electron chi connectivity index (χ2n) is 7.06. The Kier molecular flexibility index (Phi) is 5.54. The first-order valence-corrected chi connectivity index (χ1v) is 9.03. The van der Waals surface area contributed by atoms with Crippen LogP contribution in [0, 0.1) is 0 Å². The SMILES string of the molecule is CC(=O)N1CCC[C@H]1[C@@H]1CCCN1CC(=O)NC1CCOCC1. The van der Waals surface area contributed by atoms with E-state index in [4.69, 9.17) is 4.74 Å². The molecule has 23 heavy (non-hydrogen) atoms. The molecule has 3 heterocycles. The summed E-state index contributed by atoms with van der Waals surface area (Å²) in [7, 11) is 0. The summed E-state index contributed by atoms with van der Waals surface area (Å²) in [4.78, 5) is 28.5. The van der Waals surface area contributed by atoms with Crippen LogP contribution >= 0.6 is 0 Å². The zero-order valence-electron chi connectivity index (χ0n) is 14.1. The highest BCUT2D eigenvalue weighted by atomic mass is 16.5. The largest absolute Gasteiger partial charge is 0.381 e. The van der Waals surface area contributed by atoms with Crippen molar-refractivity contribution in [1.82, 2.24) is 15.1 Å². The van der Waals surface area contributed by atoms with Gasteiger partial charge < -0.3 is 15.0 Å². The van der Waals surface area contributed by atoms with Crippen LogP contribution < -0.4 is 5.32 Å². The molecule has 0 aromatic carbocycles. The second kappa shape index (κ2) is 7.62. The fraction of sp³-hybridized carbons (Fsp3) is 0.882. The number of hydrogen-bond acceptors (Lipinski definition) is 4. The monoisotopic (exact) mass is 323 g/mol. The summed E-state index contributed by atoms with van der Waals surface area (Å²) < 4.78 is 5.33. The van der Waals surface area contributed by atoms with Crippen molar-refractivity contribution in [1.29, 1.82) is 0 Å². The Morgan fingerprint density at radius 2 is 1.74 bits per heavy atom. The standard InChI is InChI=1S/C17H29N3O3/c1-13(21)20-9-3-5-16(20)15-4-2-8-19(15)12-17(22)18-14-6-10-23-11-7-14/h14-16H,2-12H2,1H3,(H,18,22)/t15-,16-/m0/s1. The molecule has 0 spiro atoms. The van der Waals surface area contributed by atoms with Crippen LogP contribution in [0.3, 0.4) is 0 Å². The summed E-state index contributed by atoms with van der Waals surface area (Å²) in [6.45, 7) is 5.45. The van der Waals surface area contributed by atoms with E-state index in [-0.39, 0.29) is 17.9 Å². The first-order chi connectivity index (χ1) is 11.1. The molecular weight excluding hydrogens is 294 g/mol. The maximum Gasteiger partial charge on any atom is 0.234 e. The Labute approximate surface area is 138 Å². The Bertz CT molecular complexity index is 437. The van der Waals surface area contributed by atoms with Crippen molar-refractivity contribution in [2.75, 3.05) is 32.8 Å². The zero-order valence-corrected chi connectivity index (χ0v) is 14.1. The molecule has 0 bridgehead atoms. The molecule has 6 nitrogen and oxygen atoms in total. The molecule has 0 aliphatic carbocycles. The molecule has 6 heteroatoms. The highest BCUT2D eigenvalue weighted by molar-refractivity contribution is 5.78. The van der Waals surface area contributed by atoms with E-state index in [1.165, 1.54) is 0 Å². The molecule has 0 aromatic rings. The number of nitrogens with zero attached hydrogens (tertiary/aromatic N) is 2. The van der Waals surface area contributed by atoms with Gasteiger partial charge in [-0.05, 0) is 45.1 Å². The van der Waals surface area contributed by atoms with Gasteiger partial charge in [-0.3, -0.25) is 14.5 Å². The summed E-state index contributed by atoms with van der Waals surface area (Å²) in [5.41, 5.74) is 0. The van der Waals surface area contributed by atoms with E-state index in [1.54, 1.807) is 6.92 Å². The second-order valence-corrected chi connectivity index (χ2v) is 7.06. The highest BCUT2D eigenvalue weighted by Gasteiger charge is 2.39. The average molecular weight is 323 g/mol. The summed E-state index contributed by atoms with van der Waals surface area (Å²) >= 11 is 0. The minimum atomic E-state index is 0.121. The molecule has 3 aliphatic heterocycles. The molecule has 0 aromatic heterocycles. The highest BCUT2D eigenvalue weighted by Crippen LogP contribution is 2.29. The fourth-order valence-corrected chi connectivity index (χ4v) is 4.37. The third kappa shape index (κ3) is 4.04. The third-order valence-electron chi connectivity index (χ3n) is 5.50. The smallest absolute Gasteiger partial charge is 0.234 e. The lowest BCUT2D eigenvalue weighted by Gasteiger charge is -2.34. The van der Waals surface area contributed by atoms with E-state index in [0.717, 1.165) is 64.8 Å².